The number of hydrogen-bond donors (Lipinski definition) is 0. The monoisotopic (exact) mass is 384 g/mol. The van der Waals surface area contributed by atoms with Gasteiger partial charge in [-0.3, -0.25) is 0 Å². The van der Waals surface area contributed by atoms with Crippen molar-refractivity contribution in [2.45, 2.75) is 110 Å². The van der Waals surface area contributed by atoms with Crippen molar-refractivity contribution >= 4 is 35.3 Å². The molecule has 0 amide bonds. The maximum atomic E-state index is 2.48. The number of thioether (sulfide) groups is 3. The van der Waals surface area contributed by atoms with Gasteiger partial charge in [-0.15, -0.1) is 35.3 Å². The fourth-order valence-corrected chi connectivity index (χ4v) is 13.8. The average molecular weight is 385 g/mol. The summed E-state index contributed by atoms with van der Waals surface area (Å²) in [5.74, 6) is 2.91. The van der Waals surface area contributed by atoms with Gasteiger partial charge in [0.15, 0.2) is 0 Å². The van der Waals surface area contributed by atoms with E-state index in [1.807, 2.05) is 0 Å². The second-order valence-corrected chi connectivity index (χ2v) is 15.7. The zero-order valence-electron chi connectivity index (χ0n) is 15.9. The molecule has 0 aromatic carbocycles. The van der Waals surface area contributed by atoms with Crippen LogP contribution in [0.5, 0.6) is 0 Å². The van der Waals surface area contributed by atoms with Crippen molar-refractivity contribution in [3.05, 3.63) is 0 Å². The second kappa shape index (κ2) is 6.89. The highest BCUT2D eigenvalue weighted by atomic mass is 32.3. The Labute approximate surface area is 162 Å². The van der Waals surface area contributed by atoms with Crippen LogP contribution in [-0.4, -0.2) is 12.2 Å². The lowest BCUT2D eigenvalue weighted by Gasteiger charge is -2.59. The van der Waals surface area contributed by atoms with Crippen molar-refractivity contribution in [2.75, 3.05) is 0 Å². The van der Waals surface area contributed by atoms with Gasteiger partial charge >= 0.3 is 0 Å². The van der Waals surface area contributed by atoms with Gasteiger partial charge in [-0.05, 0) is 94.8 Å². The van der Waals surface area contributed by atoms with Crippen molar-refractivity contribution < 1.29 is 0 Å². The van der Waals surface area contributed by atoms with E-state index in [9.17, 15) is 0 Å². The molecule has 4 aliphatic rings. The molecule has 0 aromatic heterocycles. The van der Waals surface area contributed by atoms with Gasteiger partial charge in [-0.1, -0.05) is 20.8 Å². The molecule has 3 spiro atoms. The Bertz CT molecular complexity index is 357. The summed E-state index contributed by atoms with van der Waals surface area (Å²) in [5.41, 5.74) is 0. The van der Waals surface area contributed by atoms with E-state index in [2.05, 4.69) is 56.1 Å². The summed E-state index contributed by atoms with van der Waals surface area (Å²) < 4.78 is 1.71. The normalized spacial score (nSPS) is 52.9. The molecule has 1 heterocycles. The van der Waals surface area contributed by atoms with Crippen LogP contribution >= 0.6 is 35.3 Å². The molecule has 4 fully saturated rings. The maximum absolute atomic E-state index is 2.48. The highest BCUT2D eigenvalue weighted by molar-refractivity contribution is 8.35. The van der Waals surface area contributed by atoms with Crippen LogP contribution in [0.4, 0.5) is 0 Å². The Balaban J connectivity index is 1.59. The van der Waals surface area contributed by atoms with Crippen molar-refractivity contribution in [1.29, 1.82) is 0 Å². The lowest BCUT2D eigenvalue weighted by molar-refractivity contribution is 0.343. The van der Waals surface area contributed by atoms with E-state index >= 15 is 0 Å². The predicted octanol–water partition coefficient (Wildman–Crippen LogP) is 7.92. The fraction of sp³-hybridized carbons (Fsp3) is 1.00. The van der Waals surface area contributed by atoms with E-state index in [0.29, 0.717) is 12.2 Å². The van der Waals surface area contributed by atoms with E-state index in [1.165, 1.54) is 77.0 Å². The van der Waals surface area contributed by atoms with Crippen LogP contribution in [0.15, 0.2) is 0 Å². The van der Waals surface area contributed by atoms with Gasteiger partial charge in [-0.25, -0.2) is 0 Å². The number of hydrogen-bond acceptors (Lipinski definition) is 3. The van der Waals surface area contributed by atoms with Crippen molar-refractivity contribution in [3.63, 3.8) is 0 Å². The SMILES string of the molecule is CC1CCC2(CC1)SC1(CCC(C)CC1)SC1(CCC(C)CC1)S2. The molecule has 0 N–H and O–H groups in total. The fourth-order valence-electron chi connectivity index (χ4n) is 5.30. The number of rotatable bonds is 0. The third-order valence-electron chi connectivity index (χ3n) is 7.22. The molecule has 0 radical (unpaired) electrons. The average Bonchev–Trinajstić information content (AvgIpc) is 2.57. The summed E-state index contributed by atoms with van der Waals surface area (Å²) in [5, 5.41) is 0. The summed E-state index contributed by atoms with van der Waals surface area (Å²) in [6.45, 7) is 7.45. The van der Waals surface area contributed by atoms with Crippen LogP contribution in [0.25, 0.3) is 0 Å². The minimum atomic E-state index is 0.568. The largest absolute Gasteiger partial charge is 0.126 e. The Kier molecular flexibility index (Phi) is 5.29. The topological polar surface area (TPSA) is 0 Å². The standard InChI is InChI=1S/C21H36S3/c1-16-4-10-19(11-5-16)22-20(12-6-17(2)7-13-20)24-21(23-19)14-8-18(3)9-15-21/h16-18H,4-15H2,1-3H3. The van der Waals surface area contributed by atoms with Crippen LogP contribution in [0.1, 0.15) is 97.8 Å². The van der Waals surface area contributed by atoms with Gasteiger partial charge in [0.25, 0.3) is 0 Å². The van der Waals surface area contributed by atoms with E-state index in [4.69, 9.17) is 0 Å². The van der Waals surface area contributed by atoms with Gasteiger partial charge in [0, 0.05) is 0 Å². The zero-order chi connectivity index (χ0) is 16.8. The molecule has 0 atom stereocenters. The Morgan fingerprint density at radius 2 is 0.667 bits per heavy atom. The van der Waals surface area contributed by atoms with Gasteiger partial charge in [0.1, 0.15) is 0 Å². The quantitative estimate of drug-likeness (QED) is 0.416. The van der Waals surface area contributed by atoms with Crippen LogP contribution in [0.2, 0.25) is 0 Å². The van der Waals surface area contributed by atoms with Gasteiger partial charge in [0.2, 0.25) is 0 Å². The maximum Gasteiger partial charge on any atom is 0.0639 e. The molecule has 1 aliphatic heterocycles. The van der Waals surface area contributed by atoms with E-state index in [0.717, 1.165) is 17.8 Å². The molecule has 138 valence electrons. The van der Waals surface area contributed by atoms with E-state index in [-0.39, 0.29) is 0 Å². The molecular formula is C21H36S3. The minimum absolute atomic E-state index is 0.568. The molecule has 3 heteroatoms. The third-order valence-corrected chi connectivity index (χ3v) is 13.4. The molecule has 0 unspecified atom stereocenters. The first-order chi connectivity index (χ1) is 11.4. The summed E-state index contributed by atoms with van der Waals surface area (Å²) in [6.07, 6.45) is 17.8. The Morgan fingerprint density at radius 1 is 0.458 bits per heavy atom. The molecular weight excluding hydrogens is 348 g/mol. The van der Waals surface area contributed by atoms with Crippen LogP contribution in [-0.2, 0) is 0 Å². The molecule has 3 aliphatic carbocycles. The first-order valence-corrected chi connectivity index (χ1v) is 13.0. The first kappa shape index (κ1) is 18.4. The molecule has 4 rings (SSSR count). The Hall–Kier alpha value is 1.05. The summed E-state index contributed by atoms with van der Waals surface area (Å²) in [6, 6.07) is 0. The van der Waals surface area contributed by atoms with E-state index < -0.39 is 0 Å². The lowest BCUT2D eigenvalue weighted by atomic mass is 9.89. The summed E-state index contributed by atoms with van der Waals surface area (Å²) >= 11 is 7.43. The smallest absolute Gasteiger partial charge is 0.0639 e. The molecule has 3 saturated carbocycles. The van der Waals surface area contributed by atoms with Crippen molar-refractivity contribution in [3.8, 4) is 0 Å². The van der Waals surface area contributed by atoms with Crippen LogP contribution < -0.4 is 0 Å². The molecule has 1 saturated heterocycles. The van der Waals surface area contributed by atoms with Crippen LogP contribution in [0.3, 0.4) is 0 Å². The van der Waals surface area contributed by atoms with Gasteiger partial charge in [0.05, 0.1) is 12.2 Å². The zero-order valence-corrected chi connectivity index (χ0v) is 18.4. The minimum Gasteiger partial charge on any atom is -0.126 e. The summed E-state index contributed by atoms with van der Waals surface area (Å²) in [7, 11) is 0. The van der Waals surface area contributed by atoms with Crippen molar-refractivity contribution in [2.24, 2.45) is 17.8 Å². The first-order valence-electron chi connectivity index (χ1n) is 10.5. The van der Waals surface area contributed by atoms with Gasteiger partial charge in [-0.2, -0.15) is 0 Å². The molecule has 24 heavy (non-hydrogen) atoms. The molecule has 0 bridgehead atoms. The molecule has 0 aromatic rings. The Morgan fingerprint density at radius 3 is 0.875 bits per heavy atom. The van der Waals surface area contributed by atoms with E-state index in [1.54, 1.807) is 0 Å². The highest BCUT2D eigenvalue weighted by Crippen LogP contribution is 2.74. The van der Waals surface area contributed by atoms with Gasteiger partial charge < -0.3 is 0 Å². The second-order valence-electron chi connectivity index (χ2n) is 9.59. The lowest BCUT2D eigenvalue weighted by Crippen LogP contribution is -2.47. The molecule has 0 nitrogen and oxygen atoms in total. The third kappa shape index (κ3) is 3.70. The van der Waals surface area contributed by atoms with Crippen molar-refractivity contribution in [1.82, 2.24) is 0 Å². The van der Waals surface area contributed by atoms with Crippen LogP contribution in [0, 0.1) is 17.8 Å². The predicted molar refractivity (Wildman–Crippen MR) is 114 cm³/mol. The highest BCUT2D eigenvalue weighted by Gasteiger charge is 2.57. The summed E-state index contributed by atoms with van der Waals surface area (Å²) in [4.78, 5) is 0.